The first-order chi connectivity index (χ1) is 14.6. The third kappa shape index (κ3) is 4.72. The largest absolute Gasteiger partial charge is 0.484 e. The van der Waals surface area contributed by atoms with Crippen LogP contribution in [-0.2, 0) is 20.8 Å². The normalized spacial score (nSPS) is 23.7. The molecule has 2 aromatic rings. The molecule has 31 heavy (non-hydrogen) atoms. The number of aliphatic imine (C=N–C) groups is 1. The number of fused-ring (bicyclic) bond motifs is 1. The lowest BCUT2D eigenvalue weighted by Gasteiger charge is -2.27. The molecule has 2 saturated heterocycles. The summed E-state index contributed by atoms with van der Waals surface area (Å²) >= 11 is 1.01. The topological polar surface area (TPSA) is 76.0 Å². The van der Waals surface area contributed by atoms with E-state index in [1.54, 1.807) is 30.3 Å². The van der Waals surface area contributed by atoms with Gasteiger partial charge in [0.15, 0.2) is 21.6 Å². The Labute approximate surface area is 181 Å². The van der Waals surface area contributed by atoms with E-state index in [9.17, 15) is 26.4 Å². The highest BCUT2D eigenvalue weighted by molar-refractivity contribution is 8.16. The van der Waals surface area contributed by atoms with Crippen LogP contribution in [0, 0.1) is 0 Å². The zero-order chi connectivity index (χ0) is 22.2. The number of alkyl halides is 3. The summed E-state index contributed by atoms with van der Waals surface area (Å²) in [6.07, 6.45) is -4.65. The molecule has 2 heterocycles. The van der Waals surface area contributed by atoms with Crippen molar-refractivity contribution in [3.63, 3.8) is 0 Å². The van der Waals surface area contributed by atoms with Crippen LogP contribution >= 0.6 is 11.8 Å². The van der Waals surface area contributed by atoms with Crippen LogP contribution < -0.4 is 9.64 Å². The molecule has 0 saturated carbocycles. The van der Waals surface area contributed by atoms with Gasteiger partial charge in [-0.25, -0.2) is 8.42 Å². The fourth-order valence-electron chi connectivity index (χ4n) is 3.57. The van der Waals surface area contributed by atoms with E-state index >= 15 is 0 Å². The highest BCUT2D eigenvalue weighted by Gasteiger charge is 2.51. The van der Waals surface area contributed by atoms with E-state index in [1.807, 2.05) is 0 Å². The molecular formula is C20H17F3N2O4S2. The first-order valence-electron chi connectivity index (χ1n) is 9.26. The van der Waals surface area contributed by atoms with E-state index in [0.717, 1.165) is 17.8 Å². The van der Waals surface area contributed by atoms with Gasteiger partial charge < -0.3 is 9.64 Å². The Hall–Kier alpha value is -2.53. The van der Waals surface area contributed by atoms with Crippen molar-refractivity contribution in [3.8, 4) is 5.75 Å². The van der Waals surface area contributed by atoms with Gasteiger partial charge in [-0.2, -0.15) is 18.2 Å². The first kappa shape index (κ1) is 21.7. The maximum absolute atomic E-state index is 13.6. The molecule has 0 aliphatic carbocycles. The quantitative estimate of drug-likeness (QED) is 0.682. The third-order valence-electron chi connectivity index (χ3n) is 4.86. The number of halogens is 3. The zero-order valence-corrected chi connectivity index (χ0v) is 17.6. The second kappa shape index (κ2) is 8.19. The average molecular weight is 470 g/mol. The van der Waals surface area contributed by atoms with E-state index < -0.39 is 45.4 Å². The number of sulfone groups is 1. The van der Waals surface area contributed by atoms with Gasteiger partial charge in [0.2, 0.25) is 0 Å². The fourth-order valence-corrected chi connectivity index (χ4v) is 7.49. The molecule has 6 nitrogen and oxygen atoms in total. The number of anilines is 1. The molecule has 0 bridgehead atoms. The molecule has 0 aromatic heterocycles. The maximum atomic E-state index is 13.6. The second-order valence-electron chi connectivity index (χ2n) is 7.08. The summed E-state index contributed by atoms with van der Waals surface area (Å²) in [5.41, 5.74) is -1.14. The number of carbonyl (C=O) groups excluding carboxylic acids is 1. The number of ether oxygens (including phenoxy) is 1. The van der Waals surface area contributed by atoms with Gasteiger partial charge in [-0.05, 0) is 24.3 Å². The van der Waals surface area contributed by atoms with Crippen molar-refractivity contribution in [1.29, 1.82) is 0 Å². The molecule has 2 atom stereocenters. The molecule has 2 aromatic carbocycles. The molecule has 2 fully saturated rings. The average Bonchev–Trinajstić information content (AvgIpc) is 3.17. The van der Waals surface area contributed by atoms with Crippen LogP contribution in [0.3, 0.4) is 0 Å². The van der Waals surface area contributed by atoms with Gasteiger partial charge in [0.25, 0.3) is 5.91 Å². The summed E-state index contributed by atoms with van der Waals surface area (Å²) in [6, 6.07) is 12.7. The van der Waals surface area contributed by atoms with E-state index in [2.05, 4.69) is 4.99 Å². The zero-order valence-electron chi connectivity index (χ0n) is 15.9. The second-order valence-corrected chi connectivity index (χ2v) is 10.4. The first-order valence-corrected chi connectivity index (χ1v) is 12.0. The van der Waals surface area contributed by atoms with Crippen molar-refractivity contribution in [2.45, 2.75) is 17.5 Å². The van der Waals surface area contributed by atoms with E-state index in [0.29, 0.717) is 5.75 Å². The monoisotopic (exact) mass is 470 g/mol. The fraction of sp³-hybridized carbons (Fsp3) is 0.300. The van der Waals surface area contributed by atoms with Crippen molar-refractivity contribution in [3.05, 3.63) is 60.2 Å². The third-order valence-corrected chi connectivity index (χ3v) is 8.07. The number of carbonyl (C=O) groups is 1. The number of thioether (sulfide) groups is 1. The lowest BCUT2D eigenvalue weighted by molar-refractivity contribution is -0.137. The summed E-state index contributed by atoms with van der Waals surface area (Å²) < 4.78 is 70.4. The van der Waals surface area contributed by atoms with Gasteiger partial charge >= 0.3 is 6.18 Å². The van der Waals surface area contributed by atoms with Crippen molar-refractivity contribution in [1.82, 2.24) is 0 Å². The summed E-state index contributed by atoms with van der Waals surface area (Å²) in [6.45, 7) is -0.392. The van der Waals surface area contributed by atoms with E-state index in [1.165, 1.54) is 23.1 Å². The van der Waals surface area contributed by atoms with E-state index in [4.69, 9.17) is 4.74 Å². The Kier molecular flexibility index (Phi) is 5.73. The van der Waals surface area contributed by atoms with Crippen molar-refractivity contribution in [2.75, 3.05) is 23.0 Å². The van der Waals surface area contributed by atoms with Crippen molar-refractivity contribution < 1.29 is 31.1 Å². The van der Waals surface area contributed by atoms with Crippen molar-refractivity contribution in [2.24, 2.45) is 4.99 Å². The van der Waals surface area contributed by atoms with Crippen LogP contribution in [-0.4, -0.2) is 48.9 Å². The Balaban J connectivity index is 1.66. The summed E-state index contributed by atoms with van der Waals surface area (Å²) in [5, 5.41) is -0.462. The smallest absolute Gasteiger partial charge is 0.418 e. The van der Waals surface area contributed by atoms with Crippen molar-refractivity contribution >= 4 is 38.4 Å². The standard InChI is InChI=1S/C20H17F3N2O4S2/c21-20(22,23)14-8-4-5-9-15(14)25-16-11-31(27,28)12-17(16)30-19(25)24-18(26)10-29-13-6-2-1-3-7-13/h1-9,16-17H,10-12H2. The summed E-state index contributed by atoms with van der Waals surface area (Å²) in [4.78, 5) is 17.6. The molecule has 0 spiro atoms. The van der Waals surface area contributed by atoms with Gasteiger partial charge in [0, 0.05) is 5.25 Å². The van der Waals surface area contributed by atoms with Gasteiger partial charge in [0.05, 0.1) is 28.8 Å². The highest BCUT2D eigenvalue weighted by Crippen LogP contribution is 2.45. The molecule has 11 heteroatoms. The molecule has 164 valence electrons. The Morgan fingerprint density at radius 3 is 2.48 bits per heavy atom. The SMILES string of the molecule is O=C(COc1ccccc1)N=C1SC2CS(=O)(=O)CC2N1c1ccccc1C(F)(F)F. The minimum atomic E-state index is -4.65. The van der Waals surface area contributed by atoms with Crippen LogP contribution in [0.4, 0.5) is 18.9 Å². The van der Waals surface area contributed by atoms with Crippen LogP contribution in [0.5, 0.6) is 5.75 Å². The highest BCUT2D eigenvalue weighted by atomic mass is 32.2. The van der Waals surface area contributed by atoms with Crippen LogP contribution in [0.15, 0.2) is 59.6 Å². The number of hydrogen-bond donors (Lipinski definition) is 0. The van der Waals surface area contributed by atoms with Crippen LogP contribution in [0.25, 0.3) is 0 Å². The molecule has 2 aliphatic rings. The van der Waals surface area contributed by atoms with E-state index in [-0.39, 0.29) is 22.4 Å². The molecule has 2 aliphatic heterocycles. The Morgan fingerprint density at radius 1 is 1.10 bits per heavy atom. The van der Waals surface area contributed by atoms with Gasteiger partial charge in [0.1, 0.15) is 5.75 Å². The number of rotatable bonds is 4. The lowest BCUT2D eigenvalue weighted by Crippen LogP contribution is -2.39. The lowest BCUT2D eigenvalue weighted by atomic mass is 10.1. The Bertz CT molecular complexity index is 1120. The minimum absolute atomic E-state index is 0.0447. The number of para-hydroxylation sites is 2. The number of hydrogen-bond acceptors (Lipinski definition) is 5. The minimum Gasteiger partial charge on any atom is -0.484 e. The van der Waals surface area contributed by atoms with Gasteiger partial charge in [-0.1, -0.05) is 42.1 Å². The predicted octanol–water partition coefficient (Wildman–Crippen LogP) is 3.39. The molecule has 1 amide bonds. The molecular weight excluding hydrogens is 453 g/mol. The molecule has 0 radical (unpaired) electrons. The number of benzene rings is 2. The Morgan fingerprint density at radius 2 is 1.77 bits per heavy atom. The number of amides is 1. The molecule has 2 unspecified atom stereocenters. The van der Waals surface area contributed by atoms with Gasteiger partial charge in [-0.3, -0.25) is 4.79 Å². The van der Waals surface area contributed by atoms with Crippen LogP contribution in [0.2, 0.25) is 0 Å². The predicted molar refractivity (Wildman–Crippen MR) is 112 cm³/mol. The number of amidine groups is 1. The molecule has 4 rings (SSSR count). The number of nitrogens with zero attached hydrogens (tertiary/aromatic N) is 2. The molecule has 0 N–H and O–H groups in total. The van der Waals surface area contributed by atoms with Crippen LogP contribution in [0.1, 0.15) is 5.56 Å². The van der Waals surface area contributed by atoms with Gasteiger partial charge in [-0.15, -0.1) is 0 Å². The maximum Gasteiger partial charge on any atom is 0.418 e. The summed E-state index contributed by atoms with van der Waals surface area (Å²) in [7, 11) is -3.40. The summed E-state index contributed by atoms with van der Waals surface area (Å²) in [5.74, 6) is -0.702.